The second kappa shape index (κ2) is 3.72. The summed E-state index contributed by atoms with van der Waals surface area (Å²) >= 11 is 1.26. The van der Waals surface area contributed by atoms with Gasteiger partial charge in [0.05, 0.1) is 0 Å². The fourth-order valence-electron chi connectivity index (χ4n) is 0.854. The van der Waals surface area contributed by atoms with Crippen LogP contribution in [-0.4, -0.2) is 4.57 Å². The normalized spacial score (nSPS) is 10.8. The predicted octanol–water partition coefficient (Wildman–Crippen LogP) is 1.96. The van der Waals surface area contributed by atoms with Gasteiger partial charge >= 0.3 is 4.87 Å². The Morgan fingerprint density at radius 2 is 2.36 bits per heavy atom. The van der Waals surface area contributed by atoms with Crippen molar-refractivity contribution < 1.29 is 0 Å². The van der Waals surface area contributed by atoms with Crippen molar-refractivity contribution in [3.63, 3.8) is 0 Å². The lowest BCUT2D eigenvalue weighted by Crippen LogP contribution is -2.12. The van der Waals surface area contributed by atoms with Gasteiger partial charge in [0.1, 0.15) is 0 Å². The average Bonchev–Trinajstić information content (AvgIpc) is 2.31. The highest BCUT2D eigenvalue weighted by atomic mass is 32.1. The monoisotopic (exact) mass is 171 g/mol. The molecule has 1 rings (SSSR count). The zero-order chi connectivity index (χ0) is 8.27. The number of thiazole rings is 1. The van der Waals surface area contributed by atoms with Gasteiger partial charge in [-0.25, -0.2) is 0 Å². The largest absolute Gasteiger partial charge is 0.307 e. The van der Waals surface area contributed by atoms with Gasteiger partial charge in [0.2, 0.25) is 0 Å². The zero-order valence-corrected chi connectivity index (χ0v) is 7.73. The number of rotatable bonds is 3. The molecule has 0 unspecified atom stereocenters. The minimum atomic E-state index is 0.158. The lowest BCUT2D eigenvalue weighted by molar-refractivity contribution is 0.513. The van der Waals surface area contributed by atoms with Gasteiger partial charge in [-0.1, -0.05) is 25.2 Å². The van der Waals surface area contributed by atoms with Crippen LogP contribution in [0.15, 0.2) is 16.4 Å². The van der Waals surface area contributed by atoms with Crippen LogP contribution in [0.25, 0.3) is 0 Å². The highest BCUT2D eigenvalue weighted by Crippen LogP contribution is 2.01. The second-order valence-corrected chi connectivity index (χ2v) is 3.90. The molecule has 11 heavy (non-hydrogen) atoms. The fourth-order valence-corrected chi connectivity index (χ4v) is 1.47. The second-order valence-electron chi connectivity index (χ2n) is 3.04. The summed E-state index contributed by atoms with van der Waals surface area (Å²) in [5.41, 5.74) is 0. The van der Waals surface area contributed by atoms with Gasteiger partial charge in [0, 0.05) is 18.1 Å². The van der Waals surface area contributed by atoms with Gasteiger partial charge in [-0.2, -0.15) is 0 Å². The van der Waals surface area contributed by atoms with Crippen LogP contribution in [0.1, 0.15) is 20.3 Å². The van der Waals surface area contributed by atoms with E-state index in [0.29, 0.717) is 5.92 Å². The van der Waals surface area contributed by atoms with E-state index >= 15 is 0 Å². The molecule has 0 N–H and O–H groups in total. The Balaban J connectivity index is 2.51. The molecular weight excluding hydrogens is 158 g/mol. The summed E-state index contributed by atoms with van der Waals surface area (Å²) in [5, 5.41) is 1.84. The Bertz CT molecular complexity index is 261. The first-order valence-corrected chi connectivity index (χ1v) is 4.72. The molecule has 2 nitrogen and oxygen atoms in total. The molecule has 1 aromatic rings. The molecule has 3 heteroatoms. The number of nitrogens with zero attached hydrogens (tertiary/aromatic N) is 1. The molecule has 0 saturated carbocycles. The van der Waals surface area contributed by atoms with Crippen molar-refractivity contribution in [1.82, 2.24) is 4.57 Å². The minimum absolute atomic E-state index is 0.158. The molecule has 0 aliphatic rings. The average molecular weight is 171 g/mol. The summed E-state index contributed by atoms with van der Waals surface area (Å²) < 4.78 is 1.77. The van der Waals surface area contributed by atoms with Crippen LogP contribution >= 0.6 is 11.3 Å². The molecule has 0 fully saturated rings. The Hall–Kier alpha value is -0.570. The van der Waals surface area contributed by atoms with E-state index in [2.05, 4.69) is 13.8 Å². The van der Waals surface area contributed by atoms with Gasteiger partial charge in [0.15, 0.2) is 0 Å². The van der Waals surface area contributed by atoms with Crippen molar-refractivity contribution in [3.8, 4) is 0 Å². The van der Waals surface area contributed by atoms with Crippen molar-refractivity contribution >= 4 is 11.3 Å². The molecule has 0 spiro atoms. The third-order valence-corrected chi connectivity index (χ3v) is 2.29. The van der Waals surface area contributed by atoms with Crippen LogP contribution in [0, 0.1) is 5.92 Å². The summed E-state index contributed by atoms with van der Waals surface area (Å²) in [6, 6.07) is 0. The van der Waals surface area contributed by atoms with Gasteiger partial charge < -0.3 is 4.57 Å². The van der Waals surface area contributed by atoms with Crippen LogP contribution in [0.2, 0.25) is 0 Å². The standard InChI is InChI=1S/C8H13NOS/c1-7(2)3-4-9-5-6-11-8(9)10/h5-7H,3-4H2,1-2H3. The fraction of sp³-hybridized carbons (Fsp3) is 0.625. The maximum atomic E-state index is 11.0. The molecule has 0 atom stereocenters. The van der Waals surface area contributed by atoms with E-state index in [1.165, 1.54) is 11.3 Å². The molecule has 0 saturated heterocycles. The number of aryl methyl sites for hydroxylation is 1. The Morgan fingerprint density at radius 3 is 2.82 bits per heavy atom. The Morgan fingerprint density at radius 1 is 1.64 bits per heavy atom. The lowest BCUT2D eigenvalue weighted by Gasteiger charge is -2.03. The summed E-state index contributed by atoms with van der Waals surface area (Å²) in [6.45, 7) is 5.19. The molecular formula is C8H13NOS. The number of aromatic nitrogens is 1. The third kappa shape index (κ3) is 2.50. The lowest BCUT2D eigenvalue weighted by atomic mass is 10.1. The molecule has 0 bridgehead atoms. The maximum Gasteiger partial charge on any atom is 0.307 e. The molecule has 0 radical (unpaired) electrons. The van der Waals surface area contributed by atoms with E-state index in [-0.39, 0.29) is 4.87 Å². The summed E-state index contributed by atoms with van der Waals surface area (Å²) in [6.07, 6.45) is 2.94. The minimum Gasteiger partial charge on any atom is -0.306 e. The third-order valence-electron chi connectivity index (χ3n) is 1.59. The van der Waals surface area contributed by atoms with Crippen LogP contribution in [0.4, 0.5) is 0 Å². The van der Waals surface area contributed by atoms with Crippen molar-refractivity contribution in [2.45, 2.75) is 26.8 Å². The number of hydrogen-bond acceptors (Lipinski definition) is 2. The van der Waals surface area contributed by atoms with Crippen molar-refractivity contribution in [2.75, 3.05) is 0 Å². The maximum absolute atomic E-state index is 11.0. The number of hydrogen-bond donors (Lipinski definition) is 0. The Kier molecular flexibility index (Phi) is 2.88. The zero-order valence-electron chi connectivity index (χ0n) is 6.91. The molecule has 0 aliphatic heterocycles. The highest BCUT2D eigenvalue weighted by Gasteiger charge is 1.97. The van der Waals surface area contributed by atoms with Crippen molar-refractivity contribution in [3.05, 3.63) is 21.2 Å². The summed E-state index contributed by atoms with van der Waals surface area (Å²) in [5.74, 6) is 0.668. The van der Waals surface area contributed by atoms with Gasteiger partial charge in [0.25, 0.3) is 0 Å². The van der Waals surface area contributed by atoms with Gasteiger partial charge in [-0.3, -0.25) is 4.79 Å². The molecule has 62 valence electrons. The topological polar surface area (TPSA) is 22.0 Å². The first-order chi connectivity index (χ1) is 5.20. The van der Waals surface area contributed by atoms with Crippen LogP contribution in [-0.2, 0) is 6.54 Å². The van der Waals surface area contributed by atoms with E-state index in [9.17, 15) is 4.79 Å². The van der Waals surface area contributed by atoms with Crippen molar-refractivity contribution in [2.24, 2.45) is 5.92 Å². The smallest absolute Gasteiger partial charge is 0.306 e. The van der Waals surface area contributed by atoms with Gasteiger partial charge in [-0.05, 0) is 12.3 Å². The summed E-state index contributed by atoms with van der Waals surface area (Å²) in [7, 11) is 0. The van der Waals surface area contributed by atoms with Crippen LogP contribution in [0.3, 0.4) is 0 Å². The Labute approximate surface area is 70.5 Å². The molecule has 0 amide bonds. The first-order valence-electron chi connectivity index (χ1n) is 3.84. The molecule has 1 heterocycles. The quantitative estimate of drug-likeness (QED) is 0.681. The van der Waals surface area contributed by atoms with E-state index in [4.69, 9.17) is 0 Å². The molecule has 0 aromatic carbocycles. The van der Waals surface area contributed by atoms with Crippen LogP contribution in [0.5, 0.6) is 0 Å². The molecule has 1 aromatic heterocycles. The SMILES string of the molecule is CC(C)CCn1ccsc1=O. The van der Waals surface area contributed by atoms with E-state index in [1.54, 1.807) is 4.57 Å². The molecule has 0 aliphatic carbocycles. The van der Waals surface area contributed by atoms with Gasteiger partial charge in [-0.15, -0.1) is 0 Å². The van der Waals surface area contributed by atoms with E-state index in [0.717, 1.165) is 13.0 Å². The van der Waals surface area contributed by atoms with E-state index in [1.807, 2.05) is 11.6 Å². The first kappa shape index (κ1) is 8.53. The highest BCUT2D eigenvalue weighted by molar-refractivity contribution is 7.07. The van der Waals surface area contributed by atoms with Crippen LogP contribution < -0.4 is 4.87 Å². The van der Waals surface area contributed by atoms with E-state index < -0.39 is 0 Å². The summed E-state index contributed by atoms with van der Waals surface area (Å²) in [4.78, 5) is 11.2. The predicted molar refractivity (Wildman–Crippen MR) is 48.0 cm³/mol. The van der Waals surface area contributed by atoms with Crippen molar-refractivity contribution in [1.29, 1.82) is 0 Å².